The summed E-state index contributed by atoms with van der Waals surface area (Å²) in [5.74, 6) is -0.118. The molecule has 0 aliphatic heterocycles. The molecule has 0 atom stereocenters. The van der Waals surface area contributed by atoms with Crippen molar-refractivity contribution in [1.29, 1.82) is 0 Å². The lowest BCUT2D eigenvalue weighted by Crippen LogP contribution is -2.01. The molecule has 0 saturated heterocycles. The molecule has 1 aromatic rings. The second-order valence-corrected chi connectivity index (χ2v) is 2.93. The molecule has 2 heteroatoms. The van der Waals surface area contributed by atoms with Crippen molar-refractivity contribution in [1.82, 2.24) is 0 Å². The first-order chi connectivity index (χ1) is 5.69. The number of benzene rings is 1. The van der Waals surface area contributed by atoms with Crippen LogP contribution in [0.15, 0.2) is 12.1 Å². The molecule has 1 rings (SSSR count). The zero-order valence-electron chi connectivity index (χ0n) is 7.52. The van der Waals surface area contributed by atoms with Crippen LogP contribution in [0.25, 0.3) is 0 Å². The Morgan fingerprint density at radius 3 is 2.50 bits per heavy atom. The third-order valence-corrected chi connectivity index (χ3v) is 2.11. The Balaban J connectivity index is 3.18. The molecule has 0 aliphatic carbocycles. The number of halogens is 1. The lowest BCUT2D eigenvalue weighted by Gasteiger charge is -2.06. The maximum absolute atomic E-state index is 13.1. The van der Waals surface area contributed by atoms with Crippen LogP contribution in [0.2, 0.25) is 0 Å². The van der Waals surface area contributed by atoms with Crippen LogP contribution < -0.4 is 5.73 Å². The summed E-state index contributed by atoms with van der Waals surface area (Å²) in [5.41, 5.74) is 8.23. The lowest BCUT2D eigenvalue weighted by atomic mass is 10.0. The minimum absolute atomic E-state index is 0.118. The van der Waals surface area contributed by atoms with Gasteiger partial charge in [0, 0.05) is 6.54 Å². The summed E-state index contributed by atoms with van der Waals surface area (Å²) in [6, 6.07) is 3.41. The van der Waals surface area contributed by atoms with Crippen molar-refractivity contribution < 1.29 is 4.39 Å². The summed E-state index contributed by atoms with van der Waals surface area (Å²) in [6.45, 7) is 4.30. The maximum atomic E-state index is 13.1. The van der Waals surface area contributed by atoms with Gasteiger partial charge in [0.2, 0.25) is 0 Å². The van der Waals surface area contributed by atoms with Gasteiger partial charge in [-0.25, -0.2) is 4.39 Å². The molecule has 66 valence electrons. The predicted molar refractivity (Wildman–Crippen MR) is 48.4 cm³/mol. The van der Waals surface area contributed by atoms with Gasteiger partial charge in [0.05, 0.1) is 0 Å². The highest BCUT2D eigenvalue weighted by Gasteiger charge is 2.03. The van der Waals surface area contributed by atoms with Crippen molar-refractivity contribution in [2.24, 2.45) is 5.73 Å². The van der Waals surface area contributed by atoms with Crippen molar-refractivity contribution in [3.8, 4) is 0 Å². The zero-order chi connectivity index (χ0) is 9.14. The van der Waals surface area contributed by atoms with Crippen molar-refractivity contribution >= 4 is 0 Å². The van der Waals surface area contributed by atoms with Crippen molar-refractivity contribution in [3.05, 3.63) is 34.6 Å². The van der Waals surface area contributed by atoms with Gasteiger partial charge in [-0.15, -0.1) is 0 Å². The third kappa shape index (κ3) is 1.64. The van der Waals surface area contributed by atoms with Gasteiger partial charge in [-0.3, -0.25) is 0 Å². The summed E-state index contributed by atoms with van der Waals surface area (Å²) in [4.78, 5) is 0. The molecular weight excluding hydrogens is 153 g/mol. The van der Waals surface area contributed by atoms with Crippen LogP contribution in [0.3, 0.4) is 0 Å². The Hall–Kier alpha value is -0.890. The molecule has 0 unspecified atom stereocenters. The zero-order valence-corrected chi connectivity index (χ0v) is 7.52. The van der Waals surface area contributed by atoms with Crippen molar-refractivity contribution in [2.45, 2.75) is 26.8 Å². The molecule has 2 N–H and O–H groups in total. The minimum atomic E-state index is -0.118. The van der Waals surface area contributed by atoms with Gasteiger partial charge in [0.25, 0.3) is 0 Å². The molecule has 0 amide bonds. The van der Waals surface area contributed by atoms with Crippen LogP contribution in [0.5, 0.6) is 0 Å². The fraction of sp³-hybridized carbons (Fsp3) is 0.400. The molecule has 1 nitrogen and oxygen atoms in total. The van der Waals surface area contributed by atoms with E-state index in [2.05, 4.69) is 0 Å². The molecule has 0 heterocycles. The van der Waals surface area contributed by atoms with Gasteiger partial charge in [-0.2, -0.15) is 0 Å². The fourth-order valence-electron chi connectivity index (χ4n) is 1.26. The summed E-state index contributed by atoms with van der Waals surface area (Å²) in [6.07, 6.45) is 0.721. The molecule has 0 saturated carbocycles. The van der Waals surface area contributed by atoms with Crippen LogP contribution in [-0.4, -0.2) is 0 Å². The van der Waals surface area contributed by atoms with E-state index in [0.717, 1.165) is 23.1 Å². The molecule has 0 bridgehead atoms. The monoisotopic (exact) mass is 167 g/mol. The number of hydrogen-bond acceptors (Lipinski definition) is 1. The average Bonchev–Trinajstić information content (AvgIpc) is 2.05. The van der Waals surface area contributed by atoms with E-state index in [-0.39, 0.29) is 5.82 Å². The first-order valence-corrected chi connectivity index (χ1v) is 4.17. The standard InChI is InChI=1S/C10H14FN/c1-3-8-5-9(6-12)7(2)4-10(8)11/h4-5H,3,6,12H2,1-2H3. The van der Waals surface area contributed by atoms with E-state index in [1.165, 1.54) is 0 Å². The van der Waals surface area contributed by atoms with E-state index < -0.39 is 0 Å². The normalized spacial score (nSPS) is 10.3. The average molecular weight is 167 g/mol. The molecular formula is C10H14FN. The first kappa shape index (κ1) is 9.20. The fourth-order valence-corrected chi connectivity index (χ4v) is 1.26. The summed E-state index contributed by atoms with van der Waals surface area (Å²) >= 11 is 0. The highest BCUT2D eigenvalue weighted by atomic mass is 19.1. The predicted octanol–water partition coefficient (Wildman–Crippen LogP) is 2.16. The van der Waals surface area contributed by atoms with E-state index >= 15 is 0 Å². The topological polar surface area (TPSA) is 26.0 Å². The highest BCUT2D eigenvalue weighted by molar-refractivity contribution is 5.32. The van der Waals surface area contributed by atoms with Gasteiger partial charge < -0.3 is 5.73 Å². The summed E-state index contributed by atoms with van der Waals surface area (Å²) in [7, 11) is 0. The van der Waals surface area contributed by atoms with Crippen LogP contribution in [0, 0.1) is 12.7 Å². The number of rotatable bonds is 2. The third-order valence-electron chi connectivity index (χ3n) is 2.11. The summed E-state index contributed by atoms with van der Waals surface area (Å²) < 4.78 is 13.1. The van der Waals surface area contributed by atoms with Crippen LogP contribution in [-0.2, 0) is 13.0 Å². The molecule has 0 radical (unpaired) electrons. The Morgan fingerprint density at radius 1 is 1.33 bits per heavy atom. The van der Waals surface area contributed by atoms with Gasteiger partial charge >= 0.3 is 0 Å². The molecule has 0 aliphatic rings. The van der Waals surface area contributed by atoms with E-state index in [4.69, 9.17) is 5.73 Å². The van der Waals surface area contributed by atoms with Gasteiger partial charge in [0.15, 0.2) is 0 Å². The lowest BCUT2D eigenvalue weighted by molar-refractivity contribution is 0.609. The molecule has 1 aromatic carbocycles. The van der Waals surface area contributed by atoms with Gasteiger partial charge in [0.1, 0.15) is 5.82 Å². The van der Waals surface area contributed by atoms with Crippen molar-refractivity contribution in [2.75, 3.05) is 0 Å². The smallest absolute Gasteiger partial charge is 0.126 e. The molecule has 0 fully saturated rings. The highest BCUT2D eigenvalue weighted by Crippen LogP contribution is 2.15. The molecule has 12 heavy (non-hydrogen) atoms. The second-order valence-electron chi connectivity index (χ2n) is 2.93. The number of hydrogen-bond donors (Lipinski definition) is 1. The second kappa shape index (κ2) is 3.68. The van der Waals surface area contributed by atoms with E-state index in [1.54, 1.807) is 6.07 Å². The quantitative estimate of drug-likeness (QED) is 0.717. The number of nitrogens with two attached hydrogens (primary N) is 1. The van der Waals surface area contributed by atoms with Crippen LogP contribution in [0.1, 0.15) is 23.6 Å². The van der Waals surface area contributed by atoms with Gasteiger partial charge in [-0.05, 0) is 36.1 Å². The Kier molecular flexibility index (Phi) is 2.82. The van der Waals surface area contributed by atoms with Crippen molar-refractivity contribution in [3.63, 3.8) is 0 Å². The van der Waals surface area contributed by atoms with E-state index in [0.29, 0.717) is 6.54 Å². The Bertz CT molecular complexity index is 256. The first-order valence-electron chi connectivity index (χ1n) is 4.17. The van der Waals surface area contributed by atoms with Gasteiger partial charge in [-0.1, -0.05) is 13.0 Å². The SMILES string of the molecule is CCc1cc(CN)c(C)cc1F. The van der Waals surface area contributed by atoms with Crippen LogP contribution in [0.4, 0.5) is 4.39 Å². The van der Waals surface area contributed by atoms with E-state index in [1.807, 2.05) is 19.9 Å². The Labute approximate surface area is 72.4 Å². The summed E-state index contributed by atoms with van der Waals surface area (Å²) in [5, 5.41) is 0. The van der Waals surface area contributed by atoms with Crippen LogP contribution >= 0.6 is 0 Å². The number of aryl methyl sites for hydroxylation is 2. The maximum Gasteiger partial charge on any atom is 0.126 e. The Morgan fingerprint density at radius 2 is 2.00 bits per heavy atom. The minimum Gasteiger partial charge on any atom is -0.326 e. The molecule has 0 aromatic heterocycles. The van der Waals surface area contributed by atoms with E-state index in [9.17, 15) is 4.39 Å². The largest absolute Gasteiger partial charge is 0.326 e. The molecule has 0 spiro atoms.